The third-order valence-corrected chi connectivity index (χ3v) is 5.08. The van der Waals surface area contributed by atoms with Crippen LogP contribution in [0, 0.1) is 0 Å². The number of alkyl halides is 3. The third-order valence-electron chi connectivity index (χ3n) is 5.08. The largest absolute Gasteiger partial charge is 0.496 e. The highest BCUT2D eigenvalue weighted by molar-refractivity contribution is 6.02. The van der Waals surface area contributed by atoms with Gasteiger partial charge in [-0.25, -0.2) is 20.6 Å². The highest BCUT2D eigenvalue weighted by atomic mass is 19.4. The maximum atomic E-state index is 12.6. The Kier molecular flexibility index (Phi) is 7.48. The minimum Gasteiger partial charge on any atom is -0.496 e. The second-order valence-corrected chi connectivity index (χ2v) is 8.90. The summed E-state index contributed by atoms with van der Waals surface area (Å²) < 4.78 is 55.5. The zero-order valence-corrected chi connectivity index (χ0v) is 20.5. The van der Waals surface area contributed by atoms with E-state index in [4.69, 9.17) is 20.1 Å². The molecule has 0 bridgehead atoms. The van der Waals surface area contributed by atoms with Crippen molar-refractivity contribution in [2.24, 2.45) is 5.84 Å². The number of nitrogens with zero attached hydrogens (tertiary/aromatic N) is 3. The number of hydrazine groups is 1. The van der Waals surface area contributed by atoms with Crippen LogP contribution in [0.3, 0.4) is 0 Å². The molecule has 0 saturated heterocycles. The van der Waals surface area contributed by atoms with E-state index in [1.54, 1.807) is 43.5 Å². The summed E-state index contributed by atoms with van der Waals surface area (Å²) in [4.78, 5) is 29.2. The average Bonchev–Trinajstić information content (AvgIpc) is 3.22. The number of benzene rings is 2. The number of aromatic nitrogens is 2. The number of fused-ring (bicyclic) bond motifs is 1. The number of ether oxygens (including phenoxy) is 3. The predicted molar refractivity (Wildman–Crippen MR) is 127 cm³/mol. The molecule has 0 unspecified atom stereocenters. The van der Waals surface area contributed by atoms with E-state index in [0.717, 1.165) is 5.01 Å². The number of Topliss-reactive ketones (excluding diaryl/α,β-unsaturated/α-hetero) is 1. The van der Waals surface area contributed by atoms with E-state index in [1.807, 2.05) is 0 Å². The second-order valence-electron chi connectivity index (χ2n) is 8.90. The van der Waals surface area contributed by atoms with Crippen LogP contribution in [-0.2, 0) is 4.74 Å². The van der Waals surface area contributed by atoms with Gasteiger partial charge in [0.05, 0.1) is 43.0 Å². The molecule has 0 fully saturated rings. The van der Waals surface area contributed by atoms with Crippen molar-refractivity contribution in [1.82, 2.24) is 9.55 Å². The lowest BCUT2D eigenvalue weighted by molar-refractivity contribution is -0.133. The first kappa shape index (κ1) is 26.8. The fraction of sp³-hybridized carbons (Fsp3) is 0.375. The smallest absolute Gasteiger partial charge is 0.429 e. The molecule has 0 atom stereocenters. The van der Waals surface area contributed by atoms with Crippen molar-refractivity contribution in [3.05, 3.63) is 42.2 Å². The Morgan fingerprint density at radius 2 is 1.67 bits per heavy atom. The van der Waals surface area contributed by atoms with Crippen LogP contribution in [0.15, 0.2) is 36.7 Å². The van der Waals surface area contributed by atoms with Crippen LogP contribution in [0.2, 0.25) is 0 Å². The molecule has 2 aromatic carbocycles. The number of methoxy groups -OCH3 is 2. The normalized spacial score (nSPS) is 11.9. The molecule has 0 aliphatic carbocycles. The number of hydrogen-bond donors (Lipinski definition) is 1. The van der Waals surface area contributed by atoms with Crippen molar-refractivity contribution in [1.29, 1.82) is 0 Å². The van der Waals surface area contributed by atoms with Crippen LogP contribution in [0.1, 0.15) is 44.0 Å². The Morgan fingerprint density at radius 1 is 1.06 bits per heavy atom. The van der Waals surface area contributed by atoms with E-state index in [0.29, 0.717) is 22.4 Å². The van der Waals surface area contributed by atoms with Gasteiger partial charge in [0.1, 0.15) is 29.0 Å². The van der Waals surface area contributed by atoms with E-state index >= 15 is 0 Å². The van der Waals surface area contributed by atoms with Crippen LogP contribution in [0.25, 0.3) is 16.7 Å². The van der Waals surface area contributed by atoms with Gasteiger partial charge >= 0.3 is 12.3 Å². The number of anilines is 1. The SMILES string of the molecule is COc1cc(-n2cnc3cc(N(N)C(=O)OC(C)(C)C)ccc32)cc(OC)c1C(=O)CCC(F)(F)F. The molecule has 3 rings (SSSR count). The molecule has 0 aliphatic rings. The summed E-state index contributed by atoms with van der Waals surface area (Å²) in [6.45, 7) is 5.17. The predicted octanol–water partition coefficient (Wildman–Crippen LogP) is 5.18. The summed E-state index contributed by atoms with van der Waals surface area (Å²) >= 11 is 0. The quantitative estimate of drug-likeness (QED) is 0.203. The summed E-state index contributed by atoms with van der Waals surface area (Å²) in [5, 5.41) is 0.872. The molecule has 0 saturated carbocycles. The average molecular weight is 508 g/mol. The Hall–Kier alpha value is -3.80. The number of halogens is 3. The number of hydrogen-bond acceptors (Lipinski definition) is 7. The number of ketones is 1. The number of carbonyl (C=O) groups excluding carboxylic acids is 2. The molecule has 9 nitrogen and oxygen atoms in total. The molecule has 1 heterocycles. The first-order chi connectivity index (χ1) is 16.7. The fourth-order valence-electron chi connectivity index (χ4n) is 3.47. The van der Waals surface area contributed by atoms with Gasteiger partial charge in [0.2, 0.25) is 0 Å². The lowest BCUT2D eigenvalue weighted by Gasteiger charge is -2.24. The van der Waals surface area contributed by atoms with Crippen molar-refractivity contribution in [3.8, 4) is 17.2 Å². The number of imidazole rings is 1. The van der Waals surface area contributed by atoms with Gasteiger partial charge in [-0.15, -0.1) is 0 Å². The van der Waals surface area contributed by atoms with E-state index in [9.17, 15) is 22.8 Å². The summed E-state index contributed by atoms with van der Waals surface area (Å²) in [5.74, 6) is 5.29. The second kappa shape index (κ2) is 10.1. The molecular weight excluding hydrogens is 481 g/mol. The minimum absolute atomic E-state index is 0.0630. The van der Waals surface area contributed by atoms with Crippen molar-refractivity contribution in [3.63, 3.8) is 0 Å². The molecule has 0 spiro atoms. The zero-order valence-electron chi connectivity index (χ0n) is 20.5. The molecule has 12 heteroatoms. The van der Waals surface area contributed by atoms with Gasteiger partial charge in [0, 0.05) is 18.6 Å². The maximum absolute atomic E-state index is 12.6. The van der Waals surface area contributed by atoms with E-state index in [2.05, 4.69) is 4.98 Å². The summed E-state index contributed by atoms with van der Waals surface area (Å²) in [6.07, 6.45) is -5.69. The highest BCUT2D eigenvalue weighted by Crippen LogP contribution is 2.36. The fourth-order valence-corrected chi connectivity index (χ4v) is 3.47. The van der Waals surface area contributed by atoms with E-state index in [1.165, 1.54) is 32.7 Å². The topological polar surface area (TPSA) is 109 Å². The standard InChI is InChI=1S/C24H27F3N4O5/c1-23(2,3)36-22(33)31(28)14-6-7-17-16(10-14)29-13-30(17)15-11-19(34-4)21(20(12-15)35-5)18(32)8-9-24(25,26)27/h6-7,10-13H,8-9,28H2,1-5H3. The highest BCUT2D eigenvalue weighted by Gasteiger charge is 2.30. The number of rotatable bonds is 7. The van der Waals surface area contributed by atoms with Crippen LogP contribution >= 0.6 is 0 Å². The molecular formula is C24H27F3N4O5. The van der Waals surface area contributed by atoms with Gasteiger partial charge < -0.3 is 14.2 Å². The lowest BCUT2D eigenvalue weighted by Crippen LogP contribution is -2.41. The van der Waals surface area contributed by atoms with E-state index < -0.39 is 36.5 Å². The van der Waals surface area contributed by atoms with Crippen LogP contribution in [-0.4, -0.2) is 47.4 Å². The molecule has 0 aliphatic heterocycles. The molecule has 194 valence electrons. The van der Waals surface area contributed by atoms with Crippen molar-refractivity contribution in [2.45, 2.75) is 45.4 Å². The molecule has 1 amide bonds. The Bertz CT molecular complexity index is 1260. The minimum atomic E-state index is -4.47. The van der Waals surface area contributed by atoms with E-state index in [-0.39, 0.29) is 17.1 Å². The van der Waals surface area contributed by atoms with Gasteiger partial charge in [-0.3, -0.25) is 9.36 Å². The van der Waals surface area contributed by atoms with Gasteiger partial charge in [-0.05, 0) is 39.0 Å². The van der Waals surface area contributed by atoms with Crippen LogP contribution < -0.4 is 20.3 Å². The Labute approximate surface area is 205 Å². The monoisotopic (exact) mass is 508 g/mol. The Balaban J connectivity index is 1.98. The summed E-state index contributed by atoms with van der Waals surface area (Å²) in [6, 6.07) is 7.90. The van der Waals surface area contributed by atoms with Crippen molar-refractivity contribution >= 4 is 28.6 Å². The van der Waals surface area contributed by atoms with Gasteiger partial charge in [0.25, 0.3) is 0 Å². The maximum Gasteiger partial charge on any atom is 0.429 e. The summed E-state index contributed by atoms with van der Waals surface area (Å²) in [5.41, 5.74) is 1.16. The molecule has 3 aromatic rings. The third kappa shape index (κ3) is 6.06. The molecule has 1 aromatic heterocycles. The lowest BCUT2D eigenvalue weighted by atomic mass is 10.0. The van der Waals surface area contributed by atoms with Crippen molar-refractivity contribution < 1.29 is 37.0 Å². The first-order valence-electron chi connectivity index (χ1n) is 10.9. The van der Waals surface area contributed by atoms with Gasteiger partial charge in [-0.1, -0.05) is 0 Å². The van der Waals surface area contributed by atoms with Crippen LogP contribution in [0.4, 0.5) is 23.7 Å². The number of amides is 1. The summed E-state index contributed by atoms with van der Waals surface area (Å²) in [7, 11) is 2.62. The van der Waals surface area contributed by atoms with Gasteiger partial charge in [-0.2, -0.15) is 13.2 Å². The number of carbonyl (C=O) groups is 2. The molecule has 2 N–H and O–H groups in total. The first-order valence-corrected chi connectivity index (χ1v) is 10.9. The van der Waals surface area contributed by atoms with Crippen molar-refractivity contribution in [2.75, 3.05) is 19.2 Å². The molecule has 0 radical (unpaired) electrons. The van der Waals surface area contributed by atoms with Gasteiger partial charge in [0.15, 0.2) is 5.78 Å². The zero-order chi connectivity index (χ0) is 26.8. The Morgan fingerprint density at radius 3 is 2.19 bits per heavy atom. The number of nitrogens with two attached hydrogens (primary N) is 1. The molecule has 36 heavy (non-hydrogen) atoms. The van der Waals surface area contributed by atoms with Crippen LogP contribution in [0.5, 0.6) is 11.5 Å².